The van der Waals surface area contributed by atoms with E-state index in [2.05, 4.69) is 4.99 Å². The van der Waals surface area contributed by atoms with E-state index in [0.717, 1.165) is 0 Å². The van der Waals surface area contributed by atoms with Crippen LogP contribution in [-0.4, -0.2) is 11.2 Å². The van der Waals surface area contributed by atoms with Gasteiger partial charge in [0.2, 0.25) is 0 Å². The minimum absolute atomic E-state index is 0.144. The van der Waals surface area contributed by atoms with Crippen LogP contribution in [0.5, 0.6) is 0 Å². The Morgan fingerprint density at radius 2 is 2.10 bits per heavy atom. The Labute approximate surface area is 65.8 Å². The third-order valence-corrected chi connectivity index (χ3v) is 1.11. The van der Waals surface area contributed by atoms with Crippen LogP contribution in [0.2, 0.25) is 0 Å². The van der Waals surface area contributed by atoms with E-state index in [0.29, 0.717) is 5.70 Å². The second kappa shape index (κ2) is 4.17. The van der Waals surface area contributed by atoms with Crippen LogP contribution in [0.1, 0.15) is 13.8 Å². The molecule has 4 heteroatoms. The van der Waals surface area contributed by atoms with Gasteiger partial charge in [0.1, 0.15) is 5.17 Å². The second-order valence-corrected chi connectivity index (χ2v) is 2.49. The van der Waals surface area contributed by atoms with Gasteiger partial charge in [-0.05, 0) is 13.8 Å². The summed E-state index contributed by atoms with van der Waals surface area (Å²) in [6.07, 6.45) is 1.23. The molecule has 0 aliphatic rings. The molecular formula is C6H12ClN3. The van der Waals surface area contributed by atoms with Crippen molar-refractivity contribution in [1.29, 1.82) is 0 Å². The zero-order chi connectivity index (χ0) is 8.15. The summed E-state index contributed by atoms with van der Waals surface area (Å²) in [4.78, 5) is 3.96. The van der Waals surface area contributed by atoms with Gasteiger partial charge in [-0.15, -0.1) is 0 Å². The third-order valence-electron chi connectivity index (χ3n) is 0.789. The summed E-state index contributed by atoms with van der Waals surface area (Å²) in [5.41, 5.74) is 10.7. The summed E-state index contributed by atoms with van der Waals surface area (Å²) < 4.78 is 0. The summed E-state index contributed by atoms with van der Waals surface area (Å²) in [5.74, 6) is 0. The maximum atomic E-state index is 5.60. The van der Waals surface area contributed by atoms with Gasteiger partial charge in [0.15, 0.2) is 0 Å². The Balaban J connectivity index is 4.20. The Morgan fingerprint density at radius 3 is 2.40 bits per heavy atom. The Bertz CT molecular complexity index is 160. The maximum absolute atomic E-state index is 5.60. The van der Waals surface area contributed by atoms with Crippen LogP contribution < -0.4 is 11.5 Å². The molecule has 0 saturated heterocycles. The van der Waals surface area contributed by atoms with Crippen molar-refractivity contribution in [2.75, 3.05) is 0 Å². The molecule has 0 atom stereocenters. The smallest absolute Gasteiger partial charge is 0.148 e. The summed E-state index contributed by atoms with van der Waals surface area (Å²) in [7, 11) is 0. The first kappa shape index (κ1) is 9.30. The van der Waals surface area contributed by atoms with Crippen molar-refractivity contribution in [1.82, 2.24) is 0 Å². The van der Waals surface area contributed by atoms with Crippen LogP contribution in [0.4, 0.5) is 0 Å². The van der Waals surface area contributed by atoms with Crippen molar-refractivity contribution in [2.24, 2.45) is 16.5 Å². The highest BCUT2D eigenvalue weighted by atomic mass is 35.5. The van der Waals surface area contributed by atoms with Crippen LogP contribution >= 0.6 is 11.6 Å². The molecule has 0 spiro atoms. The quantitative estimate of drug-likeness (QED) is 0.589. The molecule has 4 N–H and O–H groups in total. The predicted octanol–water partition coefficient (Wildman–Crippen LogP) is 0.791. The van der Waals surface area contributed by atoms with Crippen molar-refractivity contribution in [3.63, 3.8) is 0 Å². The van der Waals surface area contributed by atoms with E-state index in [9.17, 15) is 0 Å². The van der Waals surface area contributed by atoms with Crippen molar-refractivity contribution in [3.05, 3.63) is 11.9 Å². The molecule has 0 amide bonds. The van der Waals surface area contributed by atoms with E-state index in [1.165, 1.54) is 6.20 Å². The first-order chi connectivity index (χ1) is 4.57. The molecule has 0 heterocycles. The highest BCUT2D eigenvalue weighted by Crippen LogP contribution is 1.97. The lowest BCUT2D eigenvalue weighted by molar-refractivity contribution is 0.838. The van der Waals surface area contributed by atoms with Crippen molar-refractivity contribution in [2.45, 2.75) is 19.9 Å². The lowest BCUT2D eigenvalue weighted by Gasteiger charge is -1.99. The highest BCUT2D eigenvalue weighted by molar-refractivity contribution is 6.69. The number of aliphatic imine (C=N–C) groups is 1. The SMILES string of the molecule is CC(C)N=C(Cl)C(N)=CN. The van der Waals surface area contributed by atoms with E-state index >= 15 is 0 Å². The molecular weight excluding hydrogens is 150 g/mol. The monoisotopic (exact) mass is 161 g/mol. The molecule has 0 aliphatic carbocycles. The Morgan fingerprint density at radius 1 is 1.60 bits per heavy atom. The minimum Gasteiger partial charge on any atom is -0.403 e. The topological polar surface area (TPSA) is 64.4 Å². The molecule has 0 aliphatic heterocycles. The zero-order valence-electron chi connectivity index (χ0n) is 6.13. The number of nitrogens with zero attached hydrogens (tertiary/aromatic N) is 1. The van der Waals surface area contributed by atoms with E-state index in [1.807, 2.05) is 13.8 Å². The number of halogens is 1. The molecule has 0 fully saturated rings. The summed E-state index contributed by atoms with van der Waals surface area (Å²) in [5, 5.41) is 0.275. The summed E-state index contributed by atoms with van der Waals surface area (Å²) >= 11 is 5.60. The van der Waals surface area contributed by atoms with E-state index in [-0.39, 0.29) is 11.2 Å². The number of nitrogens with two attached hydrogens (primary N) is 2. The normalized spacial score (nSPS) is 14.4. The first-order valence-electron chi connectivity index (χ1n) is 2.99. The largest absolute Gasteiger partial charge is 0.403 e. The third kappa shape index (κ3) is 3.35. The van der Waals surface area contributed by atoms with Gasteiger partial charge in [0.25, 0.3) is 0 Å². The standard InChI is InChI=1S/C6H12ClN3/c1-4(2)10-6(7)5(9)3-8/h3-4H,8-9H2,1-2H3. The molecule has 58 valence electrons. The van der Waals surface area contributed by atoms with Gasteiger partial charge in [-0.2, -0.15) is 0 Å². The van der Waals surface area contributed by atoms with E-state index in [4.69, 9.17) is 23.1 Å². The van der Waals surface area contributed by atoms with Gasteiger partial charge < -0.3 is 11.5 Å². The number of allylic oxidation sites excluding steroid dienone is 1. The molecule has 0 aromatic carbocycles. The van der Waals surface area contributed by atoms with Crippen molar-refractivity contribution < 1.29 is 0 Å². The maximum Gasteiger partial charge on any atom is 0.148 e. The molecule has 0 saturated carbocycles. The van der Waals surface area contributed by atoms with Gasteiger partial charge in [-0.25, -0.2) is 0 Å². The fraction of sp³-hybridized carbons (Fsp3) is 0.500. The molecule has 0 bridgehead atoms. The van der Waals surface area contributed by atoms with Crippen LogP contribution in [-0.2, 0) is 0 Å². The predicted molar refractivity (Wildman–Crippen MR) is 44.9 cm³/mol. The van der Waals surface area contributed by atoms with Crippen LogP contribution in [0.3, 0.4) is 0 Å². The Kier molecular flexibility index (Phi) is 3.88. The van der Waals surface area contributed by atoms with Crippen LogP contribution in [0.25, 0.3) is 0 Å². The highest BCUT2D eigenvalue weighted by Gasteiger charge is 1.97. The van der Waals surface area contributed by atoms with Gasteiger partial charge in [0, 0.05) is 12.2 Å². The molecule has 0 unspecified atom stereocenters. The first-order valence-corrected chi connectivity index (χ1v) is 3.36. The zero-order valence-corrected chi connectivity index (χ0v) is 6.89. The lowest BCUT2D eigenvalue weighted by atomic mass is 10.4. The average molecular weight is 162 g/mol. The lowest BCUT2D eigenvalue weighted by Crippen LogP contribution is -2.09. The summed E-state index contributed by atoms with van der Waals surface area (Å²) in [6, 6.07) is 0.144. The fourth-order valence-electron chi connectivity index (χ4n) is 0.370. The van der Waals surface area contributed by atoms with Gasteiger partial charge in [0.05, 0.1) is 5.70 Å². The van der Waals surface area contributed by atoms with Gasteiger partial charge in [-0.1, -0.05) is 11.6 Å². The van der Waals surface area contributed by atoms with Crippen molar-refractivity contribution >= 4 is 16.8 Å². The number of hydrogen-bond donors (Lipinski definition) is 2. The molecule has 0 radical (unpaired) electrons. The number of rotatable bonds is 2. The molecule has 0 rings (SSSR count). The second-order valence-electron chi connectivity index (χ2n) is 2.14. The molecule has 3 nitrogen and oxygen atoms in total. The molecule has 10 heavy (non-hydrogen) atoms. The Hall–Kier alpha value is -0.700. The van der Waals surface area contributed by atoms with Crippen molar-refractivity contribution in [3.8, 4) is 0 Å². The number of hydrogen-bond acceptors (Lipinski definition) is 3. The fourth-order valence-corrected chi connectivity index (χ4v) is 0.628. The van der Waals surface area contributed by atoms with E-state index in [1.54, 1.807) is 0 Å². The van der Waals surface area contributed by atoms with Crippen LogP contribution in [0.15, 0.2) is 16.9 Å². The van der Waals surface area contributed by atoms with Gasteiger partial charge >= 0.3 is 0 Å². The van der Waals surface area contributed by atoms with Crippen LogP contribution in [0, 0.1) is 0 Å². The molecule has 0 aromatic heterocycles. The average Bonchev–Trinajstić information content (AvgIpc) is 1.85. The van der Waals surface area contributed by atoms with Gasteiger partial charge in [-0.3, -0.25) is 4.99 Å². The van der Waals surface area contributed by atoms with E-state index < -0.39 is 0 Å². The molecule has 0 aromatic rings. The summed E-state index contributed by atoms with van der Waals surface area (Å²) in [6.45, 7) is 3.82. The minimum atomic E-state index is 0.144.